The Morgan fingerprint density at radius 3 is 2.35 bits per heavy atom. The zero-order chi connectivity index (χ0) is 14.5. The molecule has 2 aromatic rings. The van der Waals surface area contributed by atoms with Gasteiger partial charge in [0.25, 0.3) is 5.88 Å². The van der Waals surface area contributed by atoms with Crippen molar-refractivity contribution in [3.63, 3.8) is 0 Å². The van der Waals surface area contributed by atoms with Crippen LogP contribution in [0.15, 0.2) is 36.5 Å². The van der Waals surface area contributed by atoms with E-state index in [0.29, 0.717) is 11.7 Å². The van der Waals surface area contributed by atoms with Crippen LogP contribution in [-0.2, 0) is 0 Å². The fourth-order valence-electron chi connectivity index (χ4n) is 2.28. The molecule has 0 atom stereocenters. The van der Waals surface area contributed by atoms with Crippen molar-refractivity contribution in [2.45, 2.75) is 39.5 Å². The first-order valence-corrected chi connectivity index (χ1v) is 7.04. The van der Waals surface area contributed by atoms with Gasteiger partial charge < -0.3 is 4.74 Å². The molecule has 3 heteroatoms. The lowest BCUT2D eigenvalue weighted by molar-refractivity contribution is 0.422. The maximum absolute atomic E-state index is 13.7. The summed E-state index contributed by atoms with van der Waals surface area (Å²) in [6.07, 6.45) is 3.83. The fourth-order valence-corrected chi connectivity index (χ4v) is 2.28. The molecule has 0 amide bonds. The van der Waals surface area contributed by atoms with E-state index < -0.39 is 5.82 Å². The van der Waals surface area contributed by atoms with Crippen LogP contribution in [0.2, 0.25) is 0 Å². The molecule has 0 bridgehead atoms. The summed E-state index contributed by atoms with van der Waals surface area (Å²) in [5, 5.41) is 0. The van der Waals surface area contributed by atoms with E-state index in [0.717, 1.165) is 18.4 Å². The van der Waals surface area contributed by atoms with Gasteiger partial charge in [0, 0.05) is 6.20 Å². The highest BCUT2D eigenvalue weighted by atomic mass is 19.1. The number of aryl methyl sites for hydroxylation is 1. The van der Waals surface area contributed by atoms with Gasteiger partial charge in [-0.2, -0.15) is 0 Å². The molecule has 0 unspecified atom stereocenters. The number of ether oxygens (including phenoxy) is 1. The number of nitrogens with zero attached hydrogens (tertiary/aromatic N) is 1. The normalized spacial score (nSPS) is 10.8. The van der Waals surface area contributed by atoms with Crippen LogP contribution in [0.25, 0.3) is 0 Å². The number of halogens is 1. The van der Waals surface area contributed by atoms with E-state index in [1.807, 2.05) is 24.3 Å². The molecule has 0 aliphatic heterocycles. The third kappa shape index (κ3) is 3.35. The molecule has 2 nitrogen and oxygen atoms in total. The maximum atomic E-state index is 13.7. The zero-order valence-electron chi connectivity index (χ0n) is 12.2. The van der Waals surface area contributed by atoms with Gasteiger partial charge in [-0.15, -0.1) is 0 Å². The quantitative estimate of drug-likeness (QED) is 0.744. The van der Waals surface area contributed by atoms with Crippen molar-refractivity contribution in [2.75, 3.05) is 0 Å². The van der Waals surface area contributed by atoms with Gasteiger partial charge >= 0.3 is 0 Å². The predicted molar refractivity (Wildman–Crippen MR) is 78.8 cm³/mol. The molecule has 0 spiro atoms. The zero-order valence-corrected chi connectivity index (χ0v) is 12.2. The fraction of sp³-hybridized carbons (Fsp3) is 0.353. The standard InChI is InChI=1S/C17H20FNO/c1-4-13(5-2)14-6-8-15(9-7-14)20-17-16(18)10-12(3)11-19-17/h6-11,13H,4-5H2,1-3H3. The predicted octanol–water partition coefficient (Wildman–Crippen LogP) is 5.23. The van der Waals surface area contributed by atoms with E-state index in [4.69, 9.17) is 4.74 Å². The highest BCUT2D eigenvalue weighted by Gasteiger charge is 2.09. The Balaban J connectivity index is 2.14. The van der Waals surface area contributed by atoms with E-state index >= 15 is 0 Å². The number of hydrogen-bond acceptors (Lipinski definition) is 2. The smallest absolute Gasteiger partial charge is 0.255 e. The summed E-state index contributed by atoms with van der Waals surface area (Å²) in [6.45, 7) is 6.17. The van der Waals surface area contributed by atoms with Gasteiger partial charge in [0.05, 0.1) is 0 Å². The van der Waals surface area contributed by atoms with Gasteiger partial charge in [0.1, 0.15) is 5.75 Å². The molecule has 0 radical (unpaired) electrons. The van der Waals surface area contributed by atoms with Crippen LogP contribution < -0.4 is 4.74 Å². The number of aromatic nitrogens is 1. The Labute approximate surface area is 119 Å². The van der Waals surface area contributed by atoms with Crippen LogP contribution >= 0.6 is 0 Å². The van der Waals surface area contributed by atoms with Crippen LogP contribution in [0.5, 0.6) is 11.6 Å². The Morgan fingerprint density at radius 1 is 1.15 bits per heavy atom. The third-order valence-electron chi connectivity index (χ3n) is 3.50. The summed E-state index contributed by atoms with van der Waals surface area (Å²) >= 11 is 0. The lowest BCUT2D eigenvalue weighted by atomic mass is 9.94. The first-order valence-electron chi connectivity index (χ1n) is 7.04. The minimum absolute atomic E-state index is 0.0193. The van der Waals surface area contributed by atoms with E-state index in [9.17, 15) is 4.39 Å². The van der Waals surface area contributed by atoms with Crippen molar-refractivity contribution in [2.24, 2.45) is 0 Å². The largest absolute Gasteiger partial charge is 0.436 e. The van der Waals surface area contributed by atoms with Crippen LogP contribution in [0.4, 0.5) is 4.39 Å². The Hall–Kier alpha value is -1.90. The highest BCUT2D eigenvalue weighted by Crippen LogP contribution is 2.27. The van der Waals surface area contributed by atoms with Gasteiger partial charge in [-0.3, -0.25) is 0 Å². The van der Waals surface area contributed by atoms with Crippen molar-refractivity contribution in [1.29, 1.82) is 0 Å². The lowest BCUT2D eigenvalue weighted by Gasteiger charge is -2.13. The summed E-state index contributed by atoms with van der Waals surface area (Å²) in [6, 6.07) is 9.24. The van der Waals surface area contributed by atoms with Crippen molar-refractivity contribution < 1.29 is 9.13 Å². The number of rotatable bonds is 5. The topological polar surface area (TPSA) is 22.1 Å². The highest BCUT2D eigenvalue weighted by molar-refractivity contribution is 5.32. The molecule has 1 heterocycles. The molecule has 0 fully saturated rings. The van der Waals surface area contributed by atoms with E-state index in [1.54, 1.807) is 13.1 Å². The Kier molecular flexibility index (Phi) is 4.72. The van der Waals surface area contributed by atoms with E-state index in [-0.39, 0.29) is 5.88 Å². The summed E-state index contributed by atoms with van der Waals surface area (Å²) in [5.41, 5.74) is 2.07. The van der Waals surface area contributed by atoms with Crippen LogP contribution in [-0.4, -0.2) is 4.98 Å². The monoisotopic (exact) mass is 273 g/mol. The summed E-state index contributed by atoms with van der Waals surface area (Å²) < 4.78 is 19.1. The van der Waals surface area contributed by atoms with Crippen molar-refractivity contribution in [1.82, 2.24) is 4.98 Å². The van der Waals surface area contributed by atoms with Gasteiger partial charge in [-0.25, -0.2) is 9.37 Å². The Morgan fingerprint density at radius 2 is 1.80 bits per heavy atom. The molecule has 0 aliphatic carbocycles. The van der Waals surface area contributed by atoms with Gasteiger partial charge in [-0.1, -0.05) is 26.0 Å². The second-order valence-electron chi connectivity index (χ2n) is 4.98. The first-order chi connectivity index (χ1) is 9.63. The second-order valence-corrected chi connectivity index (χ2v) is 4.98. The first kappa shape index (κ1) is 14.5. The molecule has 2 rings (SSSR count). The van der Waals surface area contributed by atoms with Crippen LogP contribution in [0.1, 0.15) is 43.7 Å². The van der Waals surface area contributed by atoms with Crippen molar-refractivity contribution in [3.05, 3.63) is 53.5 Å². The third-order valence-corrected chi connectivity index (χ3v) is 3.50. The molecule has 0 aliphatic rings. The average Bonchev–Trinajstić information content (AvgIpc) is 2.45. The molecule has 1 aromatic carbocycles. The molecule has 0 saturated heterocycles. The number of benzene rings is 1. The molecule has 0 N–H and O–H groups in total. The minimum Gasteiger partial charge on any atom is -0.436 e. The molecular weight excluding hydrogens is 253 g/mol. The average molecular weight is 273 g/mol. The number of hydrogen-bond donors (Lipinski definition) is 0. The van der Waals surface area contributed by atoms with E-state index in [2.05, 4.69) is 18.8 Å². The molecule has 0 saturated carbocycles. The lowest BCUT2D eigenvalue weighted by Crippen LogP contribution is -1.96. The minimum atomic E-state index is -0.436. The van der Waals surface area contributed by atoms with Crippen LogP contribution in [0.3, 0.4) is 0 Å². The molecule has 1 aromatic heterocycles. The summed E-state index contributed by atoms with van der Waals surface area (Å²) in [4.78, 5) is 3.97. The van der Waals surface area contributed by atoms with Gasteiger partial charge in [-0.05, 0) is 55.0 Å². The summed E-state index contributed by atoms with van der Waals surface area (Å²) in [7, 11) is 0. The second kappa shape index (κ2) is 6.51. The molecule has 106 valence electrons. The van der Waals surface area contributed by atoms with E-state index in [1.165, 1.54) is 11.6 Å². The molecule has 20 heavy (non-hydrogen) atoms. The van der Waals surface area contributed by atoms with Gasteiger partial charge in [0.15, 0.2) is 5.82 Å². The van der Waals surface area contributed by atoms with Crippen LogP contribution in [0, 0.1) is 12.7 Å². The summed E-state index contributed by atoms with van der Waals surface area (Å²) in [5.74, 6) is 0.758. The van der Waals surface area contributed by atoms with Crippen molar-refractivity contribution >= 4 is 0 Å². The SMILES string of the molecule is CCC(CC)c1ccc(Oc2ncc(C)cc2F)cc1. The van der Waals surface area contributed by atoms with Gasteiger partial charge in [0.2, 0.25) is 0 Å². The maximum Gasteiger partial charge on any atom is 0.255 e. The Bertz CT molecular complexity index is 562. The molecular formula is C17H20FNO. The van der Waals surface area contributed by atoms with Crippen molar-refractivity contribution in [3.8, 4) is 11.6 Å². The number of pyridine rings is 1.